The fourth-order valence-corrected chi connectivity index (χ4v) is 2.65. The molecule has 5 nitrogen and oxygen atoms in total. The highest BCUT2D eigenvalue weighted by molar-refractivity contribution is 5.76. The van der Waals surface area contributed by atoms with E-state index in [1.165, 1.54) is 6.42 Å². The minimum atomic E-state index is -0.305. The van der Waals surface area contributed by atoms with Gasteiger partial charge in [0, 0.05) is 33.1 Å². The van der Waals surface area contributed by atoms with E-state index in [2.05, 4.69) is 10.6 Å². The lowest BCUT2D eigenvalue weighted by atomic mass is 9.95. The maximum atomic E-state index is 11.9. The molecule has 0 aromatic rings. The smallest absolute Gasteiger partial charge is 0.220 e. The first-order chi connectivity index (χ1) is 8.74. The number of hydrogen-bond donors (Lipinski definition) is 2. The summed E-state index contributed by atoms with van der Waals surface area (Å²) in [5.41, 5.74) is -0.305. The van der Waals surface area contributed by atoms with Crippen LogP contribution in [-0.4, -0.2) is 51.5 Å². The average Bonchev–Trinajstić information content (AvgIpc) is 2.87. The van der Waals surface area contributed by atoms with E-state index in [-0.39, 0.29) is 11.5 Å². The topological polar surface area (TPSA) is 59.6 Å². The lowest BCUT2D eigenvalue weighted by Gasteiger charge is -2.27. The van der Waals surface area contributed by atoms with Crippen LogP contribution in [0.2, 0.25) is 0 Å². The molecular weight excluding hydrogens is 232 g/mol. The zero-order chi connectivity index (χ0) is 12.8. The molecule has 2 fully saturated rings. The van der Waals surface area contributed by atoms with Crippen LogP contribution in [0, 0.1) is 5.92 Å². The van der Waals surface area contributed by atoms with Crippen molar-refractivity contribution in [1.29, 1.82) is 0 Å². The fraction of sp³-hybridized carbons (Fsp3) is 0.923. The molecule has 2 rings (SSSR count). The van der Waals surface area contributed by atoms with Crippen molar-refractivity contribution in [2.24, 2.45) is 5.92 Å². The van der Waals surface area contributed by atoms with Gasteiger partial charge in [-0.15, -0.1) is 0 Å². The van der Waals surface area contributed by atoms with Gasteiger partial charge in [-0.1, -0.05) is 0 Å². The van der Waals surface area contributed by atoms with Crippen LogP contribution in [0.3, 0.4) is 0 Å². The standard InChI is InChI=1S/C13H24N2O3/c1-17-13(4-6-18-10-13)9-15-12(16)7-11-3-2-5-14-8-11/h11,14H,2-10H2,1H3,(H,15,16). The zero-order valence-corrected chi connectivity index (χ0v) is 11.2. The average molecular weight is 256 g/mol. The minimum absolute atomic E-state index is 0.132. The van der Waals surface area contributed by atoms with Gasteiger partial charge in [0.05, 0.1) is 6.61 Å². The highest BCUT2D eigenvalue weighted by Crippen LogP contribution is 2.21. The molecule has 5 heteroatoms. The van der Waals surface area contributed by atoms with Crippen LogP contribution in [0.15, 0.2) is 0 Å². The second-order valence-electron chi connectivity index (χ2n) is 5.38. The van der Waals surface area contributed by atoms with Crippen molar-refractivity contribution in [2.75, 3.05) is 40.0 Å². The lowest BCUT2D eigenvalue weighted by molar-refractivity contribution is -0.123. The third-order valence-electron chi connectivity index (χ3n) is 3.98. The van der Waals surface area contributed by atoms with Gasteiger partial charge >= 0.3 is 0 Å². The van der Waals surface area contributed by atoms with Crippen molar-refractivity contribution < 1.29 is 14.3 Å². The number of rotatable bonds is 5. The van der Waals surface area contributed by atoms with Crippen molar-refractivity contribution in [3.8, 4) is 0 Å². The maximum absolute atomic E-state index is 11.9. The quantitative estimate of drug-likeness (QED) is 0.742. The largest absolute Gasteiger partial charge is 0.378 e. The highest BCUT2D eigenvalue weighted by Gasteiger charge is 2.35. The summed E-state index contributed by atoms with van der Waals surface area (Å²) < 4.78 is 10.8. The Bertz CT molecular complexity index is 271. The zero-order valence-electron chi connectivity index (χ0n) is 11.2. The molecule has 2 N–H and O–H groups in total. The summed E-state index contributed by atoms with van der Waals surface area (Å²) in [5.74, 6) is 0.615. The first-order valence-electron chi connectivity index (χ1n) is 6.84. The molecule has 0 aliphatic carbocycles. The Morgan fingerprint density at radius 1 is 1.61 bits per heavy atom. The summed E-state index contributed by atoms with van der Waals surface area (Å²) in [7, 11) is 1.69. The Balaban J connectivity index is 1.70. The van der Waals surface area contributed by atoms with E-state index < -0.39 is 0 Å². The van der Waals surface area contributed by atoms with Gasteiger partial charge in [-0.25, -0.2) is 0 Å². The summed E-state index contributed by atoms with van der Waals surface area (Å²) >= 11 is 0. The minimum Gasteiger partial charge on any atom is -0.378 e. The predicted octanol–water partition coefficient (Wildman–Crippen LogP) is 0.298. The molecule has 0 bridgehead atoms. The molecule has 0 saturated carbocycles. The van der Waals surface area contributed by atoms with Crippen molar-refractivity contribution in [3.05, 3.63) is 0 Å². The number of nitrogens with one attached hydrogen (secondary N) is 2. The molecule has 2 heterocycles. The van der Waals surface area contributed by atoms with Crippen LogP contribution in [0.5, 0.6) is 0 Å². The van der Waals surface area contributed by atoms with Gasteiger partial charge in [0.25, 0.3) is 0 Å². The van der Waals surface area contributed by atoms with Crippen molar-refractivity contribution in [1.82, 2.24) is 10.6 Å². The molecule has 0 radical (unpaired) electrons. The van der Waals surface area contributed by atoms with Gasteiger partial charge in [0.2, 0.25) is 5.91 Å². The van der Waals surface area contributed by atoms with E-state index in [4.69, 9.17) is 9.47 Å². The van der Waals surface area contributed by atoms with E-state index in [1.54, 1.807) is 7.11 Å². The van der Waals surface area contributed by atoms with Gasteiger partial charge in [-0.05, 0) is 31.8 Å². The maximum Gasteiger partial charge on any atom is 0.220 e. The van der Waals surface area contributed by atoms with Gasteiger partial charge in [0.15, 0.2) is 0 Å². The normalized spacial score (nSPS) is 32.4. The van der Waals surface area contributed by atoms with E-state index >= 15 is 0 Å². The number of amides is 1. The Morgan fingerprint density at radius 3 is 3.11 bits per heavy atom. The molecule has 104 valence electrons. The Kier molecular flexibility index (Phi) is 4.97. The lowest BCUT2D eigenvalue weighted by Crippen LogP contribution is -2.45. The molecule has 1 amide bonds. The molecule has 2 unspecified atom stereocenters. The second kappa shape index (κ2) is 6.50. The Morgan fingerprint density at radius 2 is 2.50 bits per heavy atom. The number of methoxy groups -OCH3 is 1. The van der Waals surface area contributed by atoms with Crippen LogP contribution < -0.4 is 10.6 Å². The summed E-state index contributed by atoms with van der Waals surface area (Å²) in [4.78, 5) is 11.9. The van der Waals surface area contributed by atoms with Crippen molar-refractivity contribution >= 4 is 5.91 Å². The highest BCUT2D eigenvalue weighted by atomic mass is 16.5. The van der Waals surface area contributed by atoms with E-state index in [1.807, 2.05) is 0 Å². The van der Waals surface area contributed by atoms with Crippen LogP contribution in [-0.2, 0) is 14.3 Å². The number of ether oxygens (including phenoxy) is 2. The molecule has 2 saturated heterocycles. The summed E-state index contributed by atoms with van der Waals surface area (Å²) in [5, 5.41) is 6.32. The van der Waals surface area contributed by atoms with Crippen LogP contribution in [0.4, 0.5) is 0 Å². The van der Waals surface area contributed by atoms with Gasteiger partial charge in [-0.3, -0.25) is 4.79 Å². The first kappa shape index (κ1) is 13.8. The van der Waals surface area contributed by atoms with E-state index in [0.29, 0.717) is 25.5 Å². The number of carbonyl (C=O) groups is 1. The van der Waals surface area contributed by atoms with E-state index in [0.717, 1.165) is 32.5 Å². The monoisotopic (exact) mass is 256 g/mol. The summed E-state index contributed by atoms with van der Waals surface area (Å²) in [6.45, 7) is 3.90. The number of piperidine rings is 1. The van der Waals surface area contributed by atoms with Crippen LogP contribution in [0.25, 0.3) is 0 Å². The molecule has 0 aromatic heterocycles. The SMILES string of the molecule is COC1(CNC(=O)CC2CCCNC2)CCOC1. The van der Waals surface area contributed by atoms with Crippen LogP contribution in [0.1, 0.15) is 25.7 Å². The molecular formula is C13H24N2O3. The molecule has 0 spiro atoms. The van der Waals surface area contributed by atoms with Crippen LogP contribution >= 0.6 is 0 Å². The first-order valence-corrected chi connectivity index (χ1v) is 6.84. The van der Waals surface area contributed by atoms with E-state index in [9.17, 15) is 4.79 Å². The molecule has 2 aliphatic heterocycles. The third kappa shape index (κ3) is 3.67. The second-order valence-corrected chi connectivity index (χ2v) is 5.38. The van der Waals surface area contributed by atoms with Gasteiger partial charge in [0.1, 0.15) is 5.60 Å². The fourth-order valence-electron chi connectivity index (χ4n) is 2.65. The van der Waals surface area contributed by atoms with Crippen molar-refractivity contribution in [2.45, 2.75) is 31.3 Å². The predicted molar refractivity (Wildman–Crippen MR) is 68.4 cm³/mol. The number of hydrogen-bond acceptors (Lipinski definition) is 4. The Labute approximate surface area is 109 Å². The van der Waals surface area contributed by atoms with Gasteiger partial charge in [-0.2, -0.15) is 0 Å². The van der Waals surface area contributed by atoms with Gasteiger partial charge < -0.3 is 20.1 Å². The summed E-state index contributed by atoms with van der Waals surface area (Å²) in [6.07, 6.45) is 3.80. The Hall–Kier alpha value is -0.650. The molecule has 2 aliphatic rings. The molecule has 18 heavy (non-hydrogen) atoms. The molecule has 0 aromatic carbocycles. The summed E-state index contributed by atoms with van der Waals surface area (Å²) in [6, 6.07) is 0. The van der Waals surface area contributed by atoms with Crippen molar-refractivity contribution in [3.63, 3.8) is 0 Å². The third-order valence-corrected chi connectivity index (χ3v) is 3.98. The number of carbonyl (C=O) groups excluding carboxylic acids is 1. The molecule has 2 atom stereocenters.